The minimum Gasteiger partial charge on any atom is -0.350 e. The van der Waals surface area contributed by atoms with Crippen molar-refractivity contribution in [3.05, 3.63) is 71.8 Å². The van der Waals surface area contributed by atoms with Crippen molar-refractivity contribution < 1.29 is 18.0 Å². The van der Waals surface area contributed by atoms with Crippen molar-refractivity contribution in [1.82, 2.24) is 10.6 Å². The second-order valence-electron chi connectivity index (χ2n) is 6.29. The minimum atomic E-state index is -3.10. The monoisotopic (exact) mass is 372 g/mol. The van der Waals surface area contributed by atoms with Crippen LogP contribution in [0, 0.1) is 0 Å². The van der Waals surface area contributed by atoms with E-state index in [1.807, 2.05) is 6.07 Å². The van der Waals surface area contributed by atoms with Gasteiger partial charge in [0, 0.05) is 11.6 Å². The Morgan fingerprint density at radius 2 is 1.58 bits per heavy atom. The molecule has 1 aliphatic heterocycles. The molecule has 3 rings (SSSR count). The first kappa shape index (κ1) is 18.1. The Bertz CT molecular complexity index is 882. The highest BCUT2D eigenvalue weighted by molar-refractivity contribution is 7.91. The van der Waals surface area contributed by atoms with Gasteiger partial charge in [0.05, 0.1) is 11.5 Å². The first-order valence-electron chi connectivity index (χ1n) is 8.36. The molecule has 0 aromatic heterocycles. The summed E-state index contributed by atoms with van der Waals surface area (Å²) in [7, 11) is -3.10. The van der Waals surface area contributed by atoms with E-state index in [-0.39, 0.29) is 17.4 Å². The van der Waals surface area contributed by atoms with Crippen LogP contribution < -0.4 is 10.6 Å². The van der Waals surface area contributed by atoms with Crippen molar-refractivity contribution in [1.29, 1.82) is 0 Å². The molecule has 0 bridgehead atoms. The van der Waals surface area contributed by atoms with Gasteiger partial charge in [-0.1, -0.05) is 48.5 Å². The highest BCUT2D eigenvalue weighted by Gasteiger charge is 2.32. The Kier molecular flexibility index (Phi) is 5.37. The highest BCUT2D eigenvalue weighted by atomic mass is 32.2. The standard InChI is InChI=1S/C19H20N2O4S/c22-18(15-9-5-2-6-10-15)21-17(14-7-3-1-4-8-14)19(23)20-16-11-12-26(24,25)13-16/h1-10,16-17H,11-13H2,(H,20,23)(H,21,22)/t16-,17+/m1/s1. The molecule has 0 unspecified atom stereocenters. The lowest BCUT2D eigenvalue weighted by molar-refractivity contribution is -0.123. The van der Waals surface area contributed by atoms with Crippen LogP contribution in [0.1, 0.15) is 28.4 Å². The number of carbonyl (C=O) groups is 2. The van der Waals surface area contributed by atoms with Gasteiger partial charge < -0.3 is 10.6 Å². The summed E-state index contributed by atoms with van der Waals surface area (Å²) >= 11 is 0. The Labute approximate surface area is 152 Å². The predicted molar refractivity (Wildman–Crippen MR) is 98.3 cm³/mol. The normalized spacial score (nSPS) is 19.5. The van der Waals surface area contributed by atoms with Crippen LogP contribution in [0.25, 0.3) is 0 Å². The van der Waals surface area contributed by atoms with Crippen LogP contribution in [0.5, 0.6) is 0 Å². The number of amides is 2. The molecule has 1 aliphatic rings. The molecule has 1 fully saturated rings. The summed E-state index contributed by atoms with van der Waals surface area (Å²) in [6.07, 6.45) is 0.391. The zero-order chi connectivity index (χ0) is 18.6. The number of nitrogens with one attached hydrogen (secondary N) is 2. The quantitative estimate of drug-likeness (QED) is 0.831. The van der Waals surface area contributed by atoms with Crippen LogP contribution >= 0.6 is 0 Å². The van der Waals surface area contributed by atoms with Gasteiger partial charge in [0.25, 0.3) is 5.91 Å². The largest absolute Gasteiger partial charge is 0.350 e. The fraction of sp³-hybridized carbons (Fsp3) is 0.263. The van der Waals surface area contributed by atoms with Gasteiger partial charge in [-0.3, -0.25) is 9.59 Å². The van der Waals surface area contributed by atoms with E-state index in [0.29, 0.717) is 17.5 Å². The topological polar surface area (TPSA) is 92.3 Å². The second-order valence-corrected chi connectivity index (χ2v) is 8.52. The first-order chi connectivity index (χ1) is 12.4. The minimum absolute atomic E-state index is 0.0626. The fourth-order valence-corrected chi connectivity index (χ4v) is 4.62. The number of sulfone groups is 1. The molecule has 0 radical (unpaired) electrons. The van der Waals surface area contributed by atoms with Crippen LogP contribution in [-0.2, 0) is 14.6 Å². The molecule has 6 nitrogen and oxygen atoms in total. The summed E-state index contributed by atoms with van der Waals surface area (Å²) in [6.45, 7) is 0. The summed E-state index contributed by atoms with van der Waals surface area (Å²) in [4.78, 5) is 25.2. The van der Waals surface area contributed by atoms with Crippen LogP contribution in [-0.4, -0.2) is 37.8 Å². The number of rotatable bonds is 5. The maximum atomic E-state index is 12.8. The summed E-state index contributed by atoms with van der Waals surface area (Å²) in [5, 5.41) is 5.50. The van der Waals surface area contributed by atoms with E-state index in [0.717, 1.165) is 0 Å². The van der Waals surface area contributed by atoms with Gasteiger partial charge in [-0.25, -0.2) is 8.42 Å². The van der Waals surface area contributed by atoms with Crippen molar-refractivity contribution in [2.45, 2.75) is 18.5 Å². The number of hydrogen-bond donors (Lipinski definition) is 2. The lowest BCUT2D eigenvalue weighted by atomic mass is 10.0. The molecule has 26 heavy (non-hydrogen) atoms. The third kappa shape index (κ3) is 4.49. The molecule has 136 valence electrons. The predicted octanol–water partition coefficient (Wildman–Crippen LogP) is 1.46. The molecule has 1 heterocycles. The maximum Gasteiger partial charge on any atom is 0.252 e. The van der Waals surface area contributed by atoms with E-state index < -0.39 is 27.8 Å². The van der Waals surface area contributed by atoms with Crippen LogP contribution in [0.3, 0.4) is 0 Å². The van der Waals surface area contributed by atoms with E-state index >= 15 is 0 Å². The van der Waals surface area contributed by atoms with E-state index in [4.69, 9.17) is 0 Å². The molecule has 2 aromatic carbocycles. The molecule has 1 saturated heterocycles. The second kappa shape index (κ2) is 7.70. The third-order valence-corrected chi connectivity index (χ3v) is 6.05. The average molecular weight is 372 g/mol. The molecule has 0 saturated carbocycles. The molecule has 2 aromatic rings. The molecule has 7 heteroatoms. The van der Waals surface area contributed by atoms with E-state index in [1.54, 1.807) is 54.6 Å². The first-order valence-corrected chi connectivity index (χ1v) is 10.2. The zero-order valence-corrected chi connectivity index (χ0v) is 14.9. The summed E-state index contributed by atoms with van der Waals surface area (Å²) in [5.74, 6) is -0.770. The van der Waals surface area contributed by atoms with Gasteiger partial charge in [-0.2, -0.15) is 0 Å². The Balaban J connectivity index is 1.77. The van der Waals surface area contributed by atoms with E-state index in [2.05, 4.69) is 10.6 Å². The summed E-state index contributed by atoms with van der Waals surface area (Å²) in [6, 6.07) is 16.2. The molecule has 0 spiro atoms. The van der Waals surface area contributed by atoms with Crippen molar-refractivity contribution >= 4 is 21.7 Å². The maximum absolute atomic E-state index is 12.8. The number of benzene rings is 2. The van der Waals surface area contributed by atoms with Gasteiger partial charge in [-0.15, -0.1) is 0 Å². The van der Waals surface area contributed by atoms with Gasteiger partial charge in [0.15, 0.2) is 9.84 Å². The average Bonchev–Trinajstić information content (AvgIpc) is 2.99. The smallest absolute Gasteiger partial charge is 0.252 e. The molecule has 2 N–H and O–H groups in total. The molecular formula is C19H20N2O4S. The van der Waals surface area contributed by atoms with Gasteiger partial charge >= 0.3 is 0 Å². The molecule has 2 amide bonds. The van der Waals surface area contributed by atoms with Crippen molar-refractivity contribution in [2.75, 3.05) is 11.5 Å². The van der Waals surface area contributed by atoms with Gasteiger partial charge in [0.2, 0.25) is 5.91 Å². The third-order valence-electron chi connectivity index (χ3n) is 4.29. The van der Waals surface area contributed by atoms with Gasteiger partial charge in [-0.05, 0) is 24.1 Å². The van der Waals surface area contributed by atoms with Crippen LogP contribution in [0.15, 0.2) is 60.7 Å². The van der Waals surface area contributed by atoms with Gasteiger partial charge in [0.1, 0.15) is 6.04 Å². The Morgan fingerprint density at radius 3 is 2.15 bits per heavy atom. The Morgan fingerprint density at radius 1 is 0.962 bits per heavy atom. The number of carbonyl (C=O) groups excluding carboxylic acids is 2. The van der Waals surface area contributed by atoms with E-state index in [1.165, 1.54) is 0 Å². The summed E-state index contributed by atoms with van der Waals surface area (Å²) < 4.78 is 23.2. The van der Waals surface area contributed by atoms with Crippen molar-refractivity contribution in [3.63, 3.8) is 0 Å². The van der Waals surface area contributed by atoms with Crippen LogP contribution in [0.2, 0.25) is 0 Å². The lowest BCUT2D eigenvalue weighted by Gasteiger charge is -2.21. The SMILES string of the molecule is O=C(N[C@H](C(=O)N[C@@H]1CCS(=O)(=O)C1)c1ccccc1)c1ccccc1. The molecular weight excluding hydrogens is 352 g/mol. The number of hydrogen-bond acceptors (Lipinski definition) is 4. The van der Waals surface area contributed by atoms with E-state index in [9.17, 15) is 18.0 Å². The lowest BCUT2D eigenvalue weighted by Crippen LogP contribution is -2.44. The highest BCUT2D eigenvalue weighted by Crippen LogP contribution is 2.17. The molecule has 0 aliphatic carbocycles. The zero-order valence-electron chi connectivity index (χ0n) is 14.1. The Hall–Kier alpha value is -2.67. The van der Waals surface area contributed by atoms with Crippen molar-refractivity contribution in [2.24, 2.45) is 0 Å². The summed E-state index contributed by atoms with van der Waals surface area (Å²) in [5.41, 5.74) is 1.08. The van der Waals surface area contributed by atoms with Crippen LogP contribution in [0.4, 0.5) is 0 Å². The molecule has 2 atom stereocenters. The fourth-order valence-electron chi connectivity index (χ4n) is 2.94. The van der Waals surface area contributed by atoms with Crippen molar-refractivity contribution in [3.8, 4) is 0 Å².